The first-order chi connectivity index (χ1) is 16.9. The number of nitrogens with one attached hydrogen (secondary N) is 2. The van der Waals surface area contributed by atoms with Crippen LogP contribution in [0.5, 0.6) is 0 Å². The van der Waals surface area contributed by atoms with E-state index in [0.29, 0.717) is 17.6 Å². The summed E-state index contributed by atoms with van der Waals surface area (Å²) in [5.74, 6) is -0.849. The second kappa shape index (κ2) is 9.07. The van der Waals surface area contributed by atoms with Gasteiger partial charge in [-0.2, -0.15) is 10.4 Å². The van der Waals surface area contributed by atoms with Gasteiger partial charge < -0.3 is 20.1 Å². The molecular weight excluding hydrogens is 486 g/mol. The van der Waals surface area contributed by atoms with Crippen molar-refractivity contribution >= 4 is 38.2 Å². The molecule has 0 saturated carbocycles. The minimum Gasteiger partial charge on any atom is -0.479 e. The topological polar surface area (TPSA) is 167 Å². The quantitative estimate of drug-likeness (QED) is 0.449. The van der Waals surface area contributed by atoms with Gasteiger partial charge in [-0.1, -0.05) is 0 Å². The van der Waals surface area contributed by atoms with Gasteiger partial charge in [0.05, 0.1) is 39.8 Å². The summed E-state index contributed by atoms with van der Waals surface area (Å²) in [6.07, 6.45) is 1.01. The summed E-state index contributed by atoms with van der Waals surface area (Å²) < 4.78 is 31.6. The Morgan fingerprint density at radius 1 is 1.33 bits per heavy atom. The van der Waals surface area contributed by atoms with E-state index >= 15 is 0 Å². The summed E-state index contributed by atoms with van der Waals surface area (Å²) >= 11 is 0. The van der Waals surface area contributed by atoms with E-state index in [-0.39, 0.29) is 35.5 Å². The summed E-state index contributed by atoms with van der Waals surface area (Å²) in [6, 6.07) is 9.96. The number of carboxylic acid groups (broad SMARTS) is 1. The normalized spacial score (nSPS) is 20.7. The number of carbonyl (C=O) groups is 1. The van der Waals surface area contributed by atoms with E-state index in [9.17, 15) is 28.4 Å². The summed E-state index contributed by atoms with van der Waals surface area (Å²) in [5, 5.41) is 26.8. The number of nitriles is 1. The number of carboxylic acids is 1. The van der Waals surface area contributed by atoms with E-state index < -0.39 is 37.8 Å². The lowest BCUT2D eigenvalue weighted by Crippen LogP contribution is -2.46. The Kier molecular flexibility index (Phi) is 6.40. The first-order valence-corrected chi connectivity index (χ1v) is 12.8. The molecule has 0 radical (unpaired) electrons. The zero-order valence-electron chi connectivity index (χ0n) is 20.1. The van der Waals surface area contributed by atoms with Crippen LogP contribution >= 0.6 is 0 Å². The van der Waals surface area contributed by atoms with Gasteiger partial charge in [-0.25, -0.2) is 13.2 Å². The molecule has 1 fully saturated rings. The zero-order chi connectivity index (χ0) is 26.3. The third kappa shape index (κ3) is 4.36. The number of hydrogen-bond donors (Lipinski definition) is 3. The molecule has 1 saturated heterocycles. The molecule has 190 valence electrons. The third-order valence-corrected chi connectivity index (χ3v) is 8.90. The number of ether oxygens (including phenoxy) is 1. The van der Waals surface area contributed by atoms with E-state index in [1.807, 2.05) is 0 Å². The van der Waals surface area contributed by atoms with Gasteiger partial charge in [0, 0.05) is 11.9 Å². The fraction of sp³-hybridized carbons (Fsp3) is 0.417. The molecule has 0 spiro atoms. The fourth-order valence-electron chi connectivity index (χ4n) is 4.27. The van der Waals surface area contributed by atoms with Crippen LogP contribution in [-0.2, 0) is 24.9 Å². The largest absolute Gasteiger partial charge is 0.479 e. The maximum absolute atomic E-state index is 12.8. The molecule has 3 heterocycles. The standard InChI is InChI=1S/C24H27N5O6S/c1-23(2,3)36(33,34)16-6-4-15(5-7-16)27-20-19-17(9-13-26-21(19)30)29(28-20)24(11-12-25)10-8-18(22(31)32)35-14-24/h4-7,9,13,18H,8,10-11,14H2,1-3H3,(H,26,30)(H,27,28)(H,31,32). The van der Waals surface area contributed by atoms with Crippen molar-refractivity contribution in [3.63, 3.8) is 0 Å². The molecule has 0 bridgehead atoms. The van der Waals surface area contributed by atoms with Gasteiger partial charge in [-0.3, -0.25) is 9.48 Å². The number of H-pyrrole nitrogens is 1. The van der Waals surface area contributed by atoms with Crippen molar-refractivity contribution in [2.45, 2.75) is 61.3 Å². The molecule has 1 aliphatic rings. The Morgan fingerprint density at radius 2 is 2.03 bits per heavy atom. The van der Waals surface area contributed by atoms with Crippen LogP contribution in [0, 0.1) is 11.3 Å². The molecule has 0 amide bonds. The lowest BCUT2D eigenvalue weighted by molar-refractivity contribution is -0.158. The van der Waals surface area contributed by atoms with Crippen LogP contribution in [0.2, 0.25) is 0 Å². The van der Waals surface area contributed by atoms with Crippen LogP contribution in [0.1, 0.15) is 40.0 Å². The van der Waals surface area contributed by atoms with Gasteiger partial charge in [-0.15, -0.1) is 0 Å². The number of aliphatic carboxylic acids is 1. The highest BCUT2D eigenvalue weighted by molar-refractivity contribution is 7.92. The number of fused-ring (bicyclic) bond motifs is 1. The maximum Gasteiger partial charge on any atom is 0.332 e. The Hall–Kier alpha value is -3.69. The van der Waals surface area contributed by atoms with Gasteiger partial charge in [0.1, 0.15) is 5.39 Å². The molecule has 2 unspecified atom stereocenters. The fourth-order valence-corrected chi connectivity index (χ4v) is 5.47. The van der Waals surface area contributed by atoms with Crippen LogP contribution < -0.4 is 10.9 Å². The first-order valence-electron chi connectivity index (χ1n) is 11.3. The third-order valence-electron chi connectivity index (χ3n) is 6.40. The number of pyridine rings is 1. The molecule has 2 aromatic heterocycles. The van der Waals surface area contributed by atoms with Gasteiger partial charge >= 0.3 is 5.97 Å². The molecule has 3 N–H and O–H groups in total. The summed E-state index contributed by atoms with van der Waals surface area (Å²) in [7, 11) is -3.53. The van der Waals surface area contributed by atoms with E-state index in [4.69, 9.17) is 4.74 Å². The second-order valence-electron chi connectivity index (χ2n) is 9.83. The Bertz CT molecular complexity index is 1500. The molecular formula is C24H27N5O6S. The van der Waals surface area contributed by atoms with Gasteiger partial charge in [0.2, 0.25) is 0 Å². The lowest BCUT2D eigenvalue weighted by Gasteiger charge is -2.38. The molecule has 1 aliphatic heterocycles. The number of benzene rings is 1. The van der Waals surface area contributed by atoms with Crippen molar-refractivity contribution < 1.29 is 23.1 Å². The van der Waals surface area contributed by atoms with E-state index in [2.05, 4.69) is 21.5 Å². The maximum atomic E-state index is 12.8. The number of nitrogens with zero attached hydrogens (tertiary/aromatic N) is 3. The SMILES string of the molecule is CC(C)(C)S(=O)(=O)c1ccc(Nc2nn(C3(CC#N)CCC(C(=O)O)OC3)c3cc[nH]c(=O)c23)cc1. The average Bonchev–Trinajstić information content (AvgIpc) is 3.19. The van der Waals surface area contributed by atoms with Crippen LogP contribution in [-0.4, -0.2) is 51.7 Å². The van der Waals surface area contributed by atoms with Gasteiger partial charge in [0.15, 0.2) is 21.8 Å². The zero-order valence-corrected chi connectivity index (χ0v) is 20.9. The molecule has 1 aromatic carbocycles. The number of hydrogen-bond acceptors (Lipinski definition) is 8. The van der Waals surface area contributed by atoms with E-state index in [1.54, 1.807) is 43.7 Å². The Morgan fingerprint density at radius 3 is 2.58 bits per heavy atom. The summed E-state index contributed by atoms with van der Waals surface area (Å²) in [5.41, 5.74) is -0.392. The van der Waals surface area contributed by atoms with Gasteiger partial charge in [0.25, 0.3) is 5.56 Å². The van der Waals surface area contributed by atoms with Crippen molar-refractivity contribution in [3.05, 3.63) is 46.9 Å². The number of rotatable bonds is 6. The molecule has 12 heteroatoms. The molecule has 2 atom stereocenters. The molecule has 0 aliphatic carbocycles. The van der Waals surface area contributed by atoms with E-state index in [1.165, 1.54) is 18.3 Å². The van der Waals surface area contributed by atoms with Crippen LogP contribution in [0.15, 0.2) is 46.2 Å². The summed E-state index contributed by atoms with van der Waals surface area (Å²) in [4.78, 5) is 26.9. The van der Waals surface area contributed by atoms with Crippen molar-refractivity contribution in [1.29, 1.82) is 5.26 Å². The minimum atomic E-state index is -3.53. The summed E-state index contributed by atoms with van der Waals surface area (Å²) in [6.45, 7) is 4.83. The van der Waals surface area contributed by atoms with Crippen molar-refractivity contribution in [2.75, 3.05) is 11.9 Å². The van der Waals surface area contributed by atoms with Gasteiger partial charge in [-0.05, 0) is 63.9 Å². The highest BCUT2D eigenvalue weighted by Gasteiger charge is 2.42. The number of anilines is 2. The predicted molar refractivity (Wildman–Crippen MR) is 132 cm³/mol. The first kappa shape index (κ1) is 25.4. The second-order valence-corrected chi connectivity index (χ2v) is 12.5. The number of aromatic nitrogens is 3. The van der Waals surface area contributed by atoms with Crippen molar-refractivity contribution in [3.8, 4) is 6.07 Å². The smallest absolute Gasteiger partial charge is 0.332 e. The number of aromatic amines is 1. The monoisotopic (exact) mass is 513 g/mol. The Balaban J connectivity index is 1.75. The van der Waals surface area contributed by atoms with Crippen molar-refractivity contribution in [2.24, 2.45) is 0 Å². The number of sulfone groups is 1. The van der Waals surface area contributed by atoms with E-state index in [0.717, 1.165) is 0 Å². The molecule has 36 heavy (non-hydrogen) atoms. The highest BCUT2D eigenvalue weighted by Crippen LogP contribution is 2.37. The Labute approximate surface area is 207 Å². The highest BCUT2D eigenvalue weighted by atomic mass is 32.2. The average molecular weight is 514 g/mol. The molecule has 4 rings (SSSR count). The van der Waals surface area contributed by atoms with Crippen LogP contribution in [0.4, 0.5) is 11.5 Å². The molecule has 3 aromatic rings. The lowest BCUT2D eigenvalue weighted by atomic mass is 9.87. The van der Waals surface area contributed by atoms with Crippen LogP contribution in [0.3, 0.4) is 0 Å². The minimum absolute atomic E-state index is 0.00170. The van der Waals surface area contributed by atoms with Crippen LogP contribution in [0.25, 0.3) is 10.9 Å². The molecule has 11 nitrogen and oxygen atoms in total. The van der Waals surface area contributed by atoms with Crippen molar-refractivity contribution in [1.82, 2.24) is 14.8 Å². The predicted octanol–water partition coefficient (Wildman–Crippen LogP) is 2.91.